The molecule has 1 amide bonds. The van der Waals surface area contributed by atoms with E-state index in [0.29, 0.717) is 38.8 Å². The van der Waals surface area contributed by atoms with E-state index in [9.17, 15) is 13.2 Å². The lowest BCUT2D eigenvalue weighted by molar-refractivity contribution is 0.0694. The topological polar surface area (TPSA) is 66.9 Å². The molecule has 6 nitrogen and oxygen atoms in total. The molecule has 0 N–H and O–H groups in total. The summed E-state index contributed by atoms with van der Waals surface area (Å²) in [6.07, 6.45) is 0. The minimum Gasteiger partial charge on any atom is -0.496 e. The number of hydrogen-bond acceptors (Lipinski definition) is 4. The Bertz CT molecular complexity index is 1070. The van der Waals surface area contributed by atoms with Crippen molar-refractivity contribution in [2.75, 3.05) is 33.3 Å². The second kappa shape index (κ2) is 8.86. The Hall–Kier alpha value is -1.61. The van der Waals surface area contributed by atoms with Crippen molar-refractivity contribution >= 4 is 43.5 Å². The van der Waals surface area contributed by atoms with Crippen LogP contribution in [0.2, 0.25) is 5.02 Å². The van der Waals surface area contributed by atoms with Crippen molar-refractivity contribution in [2.45, 2.75) is 25.7 Å². The largest absolute Gasteiger partial charge is 0.496 e. The zero-order valence-electron chi connectivity index (χ0n) is 17.3. The lowest BCUT2D eigenvalue weighted by Gasteiger charge is -2.34. The molecule has 1 fully saturated rings. The van der Waals surface area contributed by atoms with Gasteiger partial charge >= 0.3 is 0 Å². The molecule has 0 aromatic heterocycles. The highest BCUT2D eigenvalue weighted by Gasteiger charge is 2.33. The van der Waals surface area contributed by atoms with Gasteiger partial charge in [-0.25, -0.2) is 8.42 Å². The summed E-state index contributed by atoms with van der Waals surface area (Å²) in [4.78, 5) is 15.0. The molecule has 0 unspecified atom stereocenters. The second-order valence-electron chi connectivity index (χ2n) is 7.39. The number of rotatable bonds is 4. The van der Waals surface area contributed by atoms with Crippen LogP contribution in [-0.2, 0) is 10.0 Å². The fraction of sp³-hybridized carbons (Fsp3) is 0.381. The summed E-state index contributed by atoms with van der Waals surface area (Å²) in [5.41, 5.74) is 2.89. The SMILES string of the molecule is COc1cc(Cl)c(Br)cc1C(=O)N1CCN(S(=O)(=O)c2c(C)cc(C)cc2C)CC1. The number of nitrogens with zero attached hydrogens (tertiary/aromatic N) is 2. The van der Waals surface area contributed by atoms with Gasteiger partial charge in [-0.1, -0.05) is 29.3 Å². The number of aryl methyl sites for hydroxylation is 3. The molecule has 9 heteroatoms. The van der Waals surface area contributed by atoms with Crippen molar-refractivity contribution in [3.8, 4) is 5.75 Å². The van der Waals surface area contributed by atoms with Crippen LogP contribution in [0.5, 0.6) is 5.75 Å². The summed E-state index contributed by atoms with van der Waals surface area (Å²) in [7, 11) is -2.15. The number of hydrogen-bond donors (Lipinski definition) is 0. The number of halogens is 2. The summed E-state index contributed by atoms with van der Waals surface area (Å²) in [5, 5.41) is 0.447. The Morgan fingerprint density at radius 1 is 1.03 bits per heavy atom. The van der Waals surface area contributed by atoms with Crippen LogP contribution in [0.4, 0.5) is 0 Å². The average Bonchev–Trinajstić information content (AvgIpc) is 2.68. The van der Waals surface area contributed by atoms with Crippen molar-refractivity contribution in [1.29, 1.82) is 0 Å². The van der Waals surface area contributed by atoms with Crippen LogP contribution in [0.3, 0.4) is 0 Å². The van der Waals surface area contributed by atoms with Crippen LogP contribution >= 0.6 is 27.5 Å². The number of carbonyl (C=O) groups excluding carboxylic acids is 1. The average molecular weight is 516 g/mol. The highest BCUT2D eigenvalue weighted by Crippen LogP contribution is 2.32. The van der Waals surface area contributed by atoms with Gasteiger partial charge in [0.1, 0.15) is 5.75 Å². The van der Waals surface area contributed by atoms with Crippen molar-refractivity contribution in [2.24, 2.45) is 0 Å². The number of methoxy groups -OCH3 is 1. The first-order valence-electron chi connectivity index (χ1n) is 9.46. The Morgan fingerprint density at radius 3 is 2.13 bits per heavy atom. The Morgan fingerprint density at radius 2 is 1.60 bits per heavy atom. The zero-order chi connectivity index (χ0) is 22.2. The molecule has 2 aromatic rings. The minimum atomic E-state index is -3.63. The van der Waals surface area contributed by atoms with Gasteiger partial charge in [0.25, 0.3) is 5.91 Å². The van der Waals surface area contributed by atoms with E-state index in [1.807, 2.05) is 32.9 Å². The molecule has 0 radical (unpaired) electrons. The predicted octanol–water partition coefficient (Wildman–Crippen LogP) is 4.18. The molecule has 3 rings (SSSR count). The van der Waals surface area contributed by atoms with Crippen LogP contribution in [0.15, 0.2) is 33.6 Å². The maximum absolute atomic E-state index is 13.3. The van der Waals surface area contributed by atoms with Crippen LogP contribution < -0.4 is 4.74 Å². The van der Waals surface area contributed by atoms with E-state index >= 15 is 0 Å². The molecular formula is C21H24BrClN2O4S. The van der Waals surface area contributed by atoms with Crippen molar-refractivity contribution < 1.29 is 17.9 Å². The second-order valence-corrected chi connectivity index (χ2v) is 10.5. The Balaban J connectivity index is 1.80. The van der Waals surface area contributed by atoms with Crippen molar-refractivity contribution in [1.82, 2.24) is 9.21 Å². The first-order valence-corrected chi connectivity index (χ1v) is 12.1. The van der Waals surface area contributed by atoms with Gasteiger partial charge in [0.15, 0.2) is 0 Å². The van der Waals surface area contributed by atoms with Gasteiger partial charge in [0, 0.05) is 36.7 Å². The smallest absolute Gasteiger partial charge is 0.257 e. The van der Waals surface area contributed by atoms with Crippen LogP contribution in [0, 0.1) is 20.8 Å². The van der Waals surface area contributed by atoms with Crippen LogP contribution in [0.1, 0.15) is 27.0 Å². The molecular weight excluding hydrogens is 492 g/mol. The minimum absolute atomic E-state index is 0.219. The zero-order valence-corrected chi connectivity index (χ0v) is 20.5. The molecule has 162 valence electrons. The maximum atomic E-state index is 13.3. The Labute approximate surface area is 190 Å². The van der Waals surface area contributed by atoms with E-state index in [2.05, 4.69) is 15.9 Å². The van der Waals surface area contributed by atoms with Gasteiger partial charge in [-0.05, 0) is 53.9 Å². The highest BCUT2D eigenvalue weighted by molar-refractivity contribution is 9.10. The van der Waals surface area contributed by atoms with Crippen molar-refractivity contribution in [3.05, 3.63) is 56.0 Å². The summed E-state index contributed by atoms with van der Waals surface area (Å²) < 4.78 is 33.9. The molecule has 0 saturated carbocycles. The summed E-state index contributed by atoms with van der Waals surface area (Å²) in [5.74, 6) is 0.165. The first-order chi connectivity index (χ1) is 14.1. The first kappa shape index (κ1) is 23.1. The number of benzene rings is 2. The molecule has 0 atom stereocenters. The quantitative estimate of drug-likeness (QED) is 0.613. The van der Waals surface area contributed by atoms with Gasteiger partial charge in [0.2, 0.25) is 10.0 Å². The van der Waals surface area contributed by atoms with E-state index in [0.717, 1.165) is 16.7 Å². The lowest BCUT2D eigenvalue weighted by atomic mass is 10.1. The molecule has 1 heterocycles. The molecule has 30 heavy (non-hydrogen) atoms. The molecule has 1 aliphatic heterocycles. The monoisotopic (exact) mass is 514 g/mol. The number of carbonyl (C=O) groups is 1. The number of ether oxygens (including phenoxy) is 1. The van der Waals surface area contributed by atoms with Gasteiger partial charge in [0.05, 0.1) is 22.6 Å². The lowest BCUT2D eigenvalue weighted by Crippen LogP contribution is -2.50. The molecule has 0 spiro atoms. The molecule has 0 bridgehead atoms. The van der Waals surface area contributed by atoms with E-state index in [4.69, 9.17) is 16.3 Å². The third kappa shape index (κ3) is 4.37. The summed E-state index contributed by atoms with van der Waals surface area (Å²) in [6, 6.07) is 6.98. The van der Waals surface area contributed by atoms with Crippen LogP contribution in [0.25, 0.3) is 0 Å². The van der Waals surface area contributed by atoms with Gasteiger partial charge in [-0.2, -0.15) is 4.31 Å². The molecule has 1 saturated heterocycles. The molecule has 0 aliphatic carbocycles. The summed E-state index contributed by atoms with van der Waals surface area (Å²) in [6.45, 7) is 6.64. The maximum Gasteiger partial charge on any atom is 0.257 e. The number of piperazine rings is 1. The standard InChI is InChI=1S/C21H24BrClN2O4S/c1-13-9-14(2)20(15(3)10-13)30(27,28)25-7-5-24(6-8-25)21(26)16-11-17(22)18(23)12-19(16)29-4/h9-12H,5-8H2,1-4H3. The molecule has 2 aromatic carbocycles. The normalized spacial score (nSPS) is 15.3. The fourth-order valence-corrected chi connectivity index (χ4v) is 6.20. The van der Waals surface area contributed by atoms with Gasteiger partial charge < -0.3 is 9.64 Å². The van der Waals surface area contributed by atoms with Crippen LogP contribution in [-0.4, -0.2) is 56.8 Å². The molecule has 1 aliphatic rings. The number of sulfonamides is 1. The third-order valence-electron chi connectivity index (χ3n) is 5.20. The predicted molar refractivity (Wildman–Crippen MR) is 121 cm³/mol. The fourth-order valence-electron chi connectivity index (χ4n) is 3.87. The summed E-state index contributed by atoms with van der Waals surface area (Å²) >= 11 is 9.43. The highest BCUT2D eigenvalue weighted by atomic mass is 79.9. The van der Waals surface area contributed by atoms with E-state index < -0.39 is 10.0 Å². The van der Waals surface area contributed by atoms with Crippen molar-refractivity contribution in [3.63, 3.8) is 0 Å². The third-order valence-corrected chi connectivity index (χ3v) is 8.60. The van der Waals surface area contributed by atoms with Gasteiger partial charge in [-0.15, -0.1) is 0 Å². The van der Waals surface area contributed by atoms with Gasteiger partial charge in [-0.3, -0.25) is 4.79 Å². The van der Waals surface area contributed by atoms with E-state index in [1.54, 1.807) is 17.0 Å². The number of amides is 1. The van der Waals surface area contributed by atoms with E-state index in [-0.39, 0.29) is 19.0 Å². The Kier molecular flexibility index (Phi) is 6.81. The van der Waals surface area contributed by atoms with E-state index in [1.165, 1.54) is 11.4 Å².